The van der Waals surface area contributed by atoms with Crippen molar-refractivity contribution in [3.63, 3.8) is 0 Å². The molecule has 1 N–H and O–H groups in total. The molecule has 1 fully saturated rings. The molecule has 2 rings (SSSR count). The zero-order chi connectivity index (χ0) is 20.0. The molecule has 0 spiro atoms. The number of anilines is 1. The summed E-state index contributed by atoms with van der Waals surface area (Å²) in [7, 11) is 3.94. The number of carbonyl (C=O) groups excluding carboxylic acids is 2. The number of rotatable bonds is 5. The second-order valence-electron chi connectivity index (χ2n) is 8.01. The van der Waals surface area contributed by atoms with E-state index in [1.807, 2.05) is 64.0 Å². The summed E-state index contributed by atoms with van der Waals surface area (Å²) in [6, 6.07) is 7.55. The third-order valence-electron chi connectivity index (χ3n) is 4.38. The minimum atomic E-state index is -0.469. The Morgan fingerprint density at radius 2 is 1.67 bits per heavy atom. The number of nitrogens with one attached hydrogen (secondary N) is 1. The summed E-state index contributed by atoms with van der Waals surface area (Å²) in [5, 5.41) is 2.96. The molecule has 7 nitrogen and oxygen atoms in total. The first kappa shape index (κ1) is 21.0. The Kier molecular flexibility index (Phi) is 7.07. The maximum absolute atomic E-state index is 12.2. The third-order valence-corrected chi connectivity index (χ3v) is 4.38. The quantitative estimate of drug-likeness (QED) is 0.852. The Morgan fingerprint density at radius 1 is 1.07 bits per heavy atom. The highest BCUT2D eigenvalue weighted by Crippen LogP contribution is 2.13. The highest BCUT2D eigenvalue weighted by molar-refractivity contribution is 5.94. The van der Waals surface area contributed by atoms with E-state index < -0.39 is 5.60 Å². The van der Waals surface area contributed by atoms with Gasteiger partial charge in [-0.1, -0.05) is 0 Å². The van der Waals surface area contributed by atoms with Gasteiger partial charge >= 0.3 is 6.09 Å². The largest absolute Gasteiger partial charge is 0.444 e. The Balaban J connectivity index is 1.69. The van der Waals surface area contributed by atoms with E-state index in [4.69, 9.17) is 4.74 Å². The number of nitrogens with zero attached hydrogens (tertiary/aromatic N) is 3. The van der Waals surface area contributed by atoms with E-state index >= 15 is 0 Å². The average molecular weight is 377 g/mol. The molecule has 0 aromatic heterocycles. The van der Waals surface area contributed by atoms with Gasteiger partial charge in [0, 0.05) is 64.6 Å². The highest BCUT2D eigenvalue weighted by Gasteiger charge is 2.25. The van der Waals surface area contributed by atoms with Crippen LogP contribution in [0.1, 0.15) is 31.1 Å². The molecule has 0 aliphatic carbocycles. The van der Waals surface area contributed by atoms with Crippen LogP contribution in [0, 0.1) is 0 Å². The number of hydrogen-bond acceptors (Lipinski definition) is 5. The van der Waals surface area contributed by atoms with E-state index in [1.54, 1.807) is 4.90 Å². The molecule has 1 aliphatic heterocycles. The van der Waals surface area contributed by atoms with Crippen LogP contribution in [0.25, 0.3) is 0 Å². The third kappa shape index (κ3) is 6.75. The zero-order valence-electron chi connectivity index (χ0n) is 17.1. The van der Waals surface area contributed by atoms with Crippen LogP contribution >= 0.6 is 0 Å². The van der Waals surface area contributed by atoms with Crippen molar-refractivity contribution in [2.24, 2.45) is 0 Å². The molecule has 0 unspecified atom stereocenters. The Bertz CT molecular complexity index is 630. The summed E-state index contributed by atoms with van der Waals surface area (Å²) < 4.78 is 5.41. The molecule has 150 valence electrons. The van der Waals surface area contributed by atoms with Crippen LogP contribution in [0.15, 0.2) is 24.3 Å². The van der Waals surface area contributed by atoms with Gasteiger partial charge in [-0.2, -0.15) is 0 Å². The Labute approximate surface area is 162 Å². The van der Waals surface area contributed by atoms with Crippen LogP contribution in [-0.2, 0) is 4.74 Å². The maximum Gasteiger partial charge on any atom is 0.410 e. The van der Waals surface area contributed by atoms with Gasteiger partial charge in [-0.15, -0.1) is 0 Å². The molecule has 0 bridgehead atoms. The molecule has 7 heteroatoms. The lowest BCUT2D eigenvalue weighted by molar-refractivity contribution is 0.0147. The van der Waals surface area contributed by atoms with Crippen LogP contribution in [0.3, 0.4) is 0 Å². The predicted octanol–water partition coefficient (Wildman–Crippen LogP) is 2.04. The molecule has 0 saturated carbocycles. The summed E-state index contributed by atoms with van der Waals surface area (Å²) in [6.45, 7) is 9.83. The molecule has 1 heterocycles. The molecule has 1 aromatic rings. The lowest BCUT2D eigenvalue weighted by atomic mass is 10.2. The van der Waals surface area contributed by atoms with Crippen molar-refractivity contribution in [1.82, 2.24) is 15.1 Å². The monoisotopic (exact) mass is 376 g/mol. The van der Waals surface area contributed by atoms with Crippen molar-refractivity contribution < 1.29 is 14.3 Å². The fourth-order valence-electron chi connectivity index (χ4n) is 2.82. The van der Waals surface area contributed by atoms with Gasteiger partial charge in [0.15, 0.2) is 0 Å². The van der Waals surface area contributed by atoms with Gasteiger partial charge in [-0.05, 0) is 45.0 Å². The highest BCUT2D eigenvalue weighted by atomic mass is 16.6. The fourth-order valence-corrected chi connectivity index (χ4v) is 2.82. The smallest absolute Gasteiger partial charge is 0.410 e. The van der Waals surface area contributed by atoms with E-state index in [0.29, 0.717) is 25.2 Å². The van der Waals surface area contributed by atoms with Crippen molar-refractivity contribution in [2.45, 2.75) is 26.4 Å². The van der Waals surface area contributed by atoms with Crippen molar-refractivity contribution in [1.29, 1.82) is 0 Å². The molecule has 0 atom stereocenters. The number of benzene rings is 1. The van der Waals surface area contributed by atoms with Gasteiger partial charge in [0.2, 0.25) is 0 Å². The molecule has 0 radical (unpaired) electrons. The zero-order valence-corrected chi connectivity index (χ0v) is 17.1. The summed E-state index contributed by atoms with van der Waals surface area (Å²) >= 11 is 0. The number of amides is 2. The maximum atomic E-state index is 12.2. The van der Waals surface area contributed by atoms with Gasteiger partial charge < -0.3 is 19.9 Å². The van der Waals surface area contributed by atoms with Crippen molar-refractivity contribution >= 4 is 17.7 Å². The molecular formula is C20H32N4O3. The fraction of sp³-hybridized carbons (Fsp3) is 0.600. The van der Waals surface area contributed by atoms with Crippen LogP contribution in [0.5, 0.6) is 0 Å². The topological polar surface area (TPSA) is 65.1 Å². The van der Waals surface area contributed by atoms with Crippen molar-refractivity contribution in [3.05, 3.63) is 29.8 Å². The van der Waals surface area contributed by atoms with E-state index in [0.717, 1.165) is 25.3 Å². The molecule has 2 amide bonds. The van der Waals surface area contributed by atoms with Gasteiger partial charge in [0.05, 0.1) is 0 Å². The minimum absolute atomic E-state index is 0.0623. The SMILES string of the molecule is CN(C)c1ccc(C(=O)NCCN2CCN(C(=O)OC(C)(C)C)CC2)cc1. The van der Waals surface area contributed by atoms with Gasteiger partial charge in [0.1, 0.15) is 5.60 Å². The summed E-state index contributed by atoms with van der Waals surface area (Å²) in [5.41, 5.74) is 1.26. The lowest BCUT2D eigenvalue weighted by Crippen LogP contribution is -2.51. The minimum Gasteiger partial charge on any atom is -0.444 e. The molecule has 1 aliphatic rings. The predicted molar refractivity (Wildman–Crippen MR) is 107 cm³/mol. The Hall–Kier alpha value is -2.28. The van der Waals surface area contributed by atoms with E-state index in [1.165, 1.54) is 0 Å². The van der Waals surface area contributed by atoms with Gasteiger partial charge in [-0.25, -0.2) is 4.79 Å². The van der Waals surface area contributed by atoms with Crippen LogP contribution in [-0.4, -0.2) is 80.8 Å². The molecule has 1 aromatic carbocycles. The van der Waals surface area contributed by atoms with Crippen LogP contribution in [0.4, 0.5) is 10.5 Å². The first-order valence-corrected chi connectivity index (χ1v) is 9.41. The summed E-state index contributed by atoms with van der Waals surface area (Å²) in [6.07, 6.45) is -0.253. The molecule has 1 saturated heterocycles. The second-order valence-corrected chi connectivity index (χ2v) is 8.01. The number of carbonyl (C=O) groups is 2. The number of piperazine rings is 1. The first-order chi connectivity index (χ1) is 12.7. The van der Waals surface area contributed by atoms with Gasteiger partial charge in [-0.3, -0.25) is 9.69 Å². The number of hydrogen-bond donors (Lipinski definition) is 1. The molecule has 27 heavy (non-hydrogen) atoms. The van der Waals surface area contributed by atoms with Crippen molar-refractivity contribution in [2.75, 3.05) is 58.3 Å². The van der Waals surface area contributed by atoms with E-state index in [-0.39, 0.29) is 12.0 Å². The van der Waals surface area contributed by atoms with E-state index in [9.17, 15) is 9.59 Å². The van der Waals surface area contributed by atoms with Gasteiger partial charge in [0.25, 0.3) is 5.91 Å². The normalized spacial score (nSPS) is 15.4. The first-order valence-electron chi connectivity index (χ1n) is 9.41. The average Bonchev–Trinajstić information content (AvgIpc) is 2.60. The van der Waals surface area contributed by atoms with Crippen molar-refractivity contribution in [3.8, 4) is 0 Å². The molecular weight excluding hydrogens is 344 g/mol. The number of ether oxygens (including phenoxy) is 1. The van der Waals surface area contributed by atoms with Crippen LogP contribution < -0.4 is 10.2 Å². The summed E-state index contributed by atoms with van der Waals surface area (Å²) in [4.78, 5) is 30.3. The second kappa shape index (κ2) is 9.08. The standard InChI is InChI=1S/C20H32N4O3/c1-20(2,3)27-19(26)24-14-12-23(13-15-24)11-10-21-18(25)16-6-8-17(9-7-16)22(4)5/h6-9H,10-15H2,1-5H3,(H,21,25). The lowest BCUT2D eigenvalue weighted by Gasteiger charge is -2.35. The summed E-state index contributed by atoms with van der Waals surface area (Å²) in [5.74, 6) is -0.0623. The van der Waals surface area contributed by atoms with E-state index in [2.05, 4.69) is 10.2 Å². The van der Waals surface area contributed by atoms with Crippen LogP contribution in [0.2, 0.25) is 0 Å². The Morgan fingerprint density at radius 3 is 2.19 bits per heavy atom.